The summed E-state index contributed by atoms with van der Waals surface area (Å²) in [5.74, 6) is 1.85. The molecule has 0 bridgehead atoms. The first kappa shape index (κ1) is 30.2. The molecular weight excluding hydrogens is 623 g/mol. The molecule has 0 fully saturated rings. The Morgan fingerprint density at radius 2 is 0.843 bits per heavy atom. The molecule has 0 aliphatic rings. The van der Waals surface area contributed by atoms with Crippen LogP contribution in [0.25, 0.3) is 89.5 Å². The summed E-state index contributed by atoms with van der Waals surface area (Å²) in [5, 5.41) is 2.13. The molecule has 6 aromatic carbocycles. The maximum atomic E-state index is 5.23. The molecule has 0 aliphatic heterocycles. The SMILES string of the molecule is Cc1cc(-c2ccccc2)c2ccc3ccc(-c4cccc(-c5nc(-c6ccccc6)nc(-c6ccc(-c7ccccc7)cc6)n5)c4)nc3c2n1. The van der Waals surface area contributed by atoms with Crippen molar-refractivity contribution in [2.24, 2.45) is 0 Å². The Hall–Kier alpha value is -6.85. The minimum absolute atomic E-state index is 0.601. The Balaban J connectivity index is 1.14. The lowest BCUT2D eigenvalue weighted by Crippen LogP contribution is -2.00. The van der Waals surface area contributed by atoms with E-state index in [2.05, 4.69) is 115 Å². The number of aryl methyl sites for hydroxylation is 1. The Kier molecular flexibility index (Phi) is 7.63. The van der Waals surface area contributed by atoms with E-state index in [4.69, 9.17) is 24.9 Å². The van der Waals surface area contributed by atoms with E-state index in [1.807, 2.05) is 61.5 Å². The largest absolute Gasteiger partial charge is 0.251 e. The highest BCUT2D eigenvalue weighted by Crippen LogP contribution is 2.34. The molecule has 9 rings (SSSR count). The molecule has 5 nitrogen and oxygen atoms in total. The van der Waals surface area contributed by atoms with Gasteiger partial charge in [-0.15, -0.1) is 0 Å². The maximum absolute atomic E-state index is 5.23. The first-order valence-corrected chi connectivity index (χ1v) is 17.0. The Morgan fingerprint density at radius 1 is 0.333 bits per heavy atom. The van der Waals surface area contributed by atoms with E-state index in [-0.39, 0.29) is 0 Å². The molecule has 3 aromatic heterocycles. The fourth-order valence-electron chi connectivity index (χ4n) is 6.63. The predicted molar refractivity (Wildman–Crippen MR) is 208 cm³/mol. The van der Waals surface area contributed by atoms with Crippen LogP contribution in [0.1, 0.15) is 5.69 Å². The predicted octanol–water partition coefficient (Wildman–Crippen LogP) is 11.3. The Morgan fingerprint density at radius 3 is 1.53 bits per heavy atom. The van der Waals surface area contributed by atoms with E-state index in [9.17, 15) is 0 Å². The summed E-state index contributed by atoms with van der Waals surface area (Å²) in [6.45, 7) is 2.04. The van der Waals surface area contributed by atoms with Gasteiger partial charge >= 0.3 is 0 Å². The van der Waals surface area contributed by atoms with Crippen molar-refractivity contribution < 1.29 is 0 Å². The molecule has 3 heterocycles. The van der Waals surface area contributed by atoms with Crippen molar-refractivity contribution in [3.05, 3.63) is 176 Å². The van der Waals surface area contributed by atoms with E-state index >= 15 is 0 Å². The molecule has 0 radical (unpaired) electrons. The minimum atomic E-state index is 0.601. The summed E-state index contributed by atoms with van der Waals surface area (Å²) < 4.78 is 0. The number of hydrogen-bond donors (Lipinski definition) is 0. The lowest BCUT2D eigenvalue weighted by atomic mass is 9.98. The Bertz CT molecular complexity index is 2670. The quantitative estimate of drug-likeness (QED) is 0.167. The van der Waals surface area contributed by atoms with Crippen LogP contribution in [0.2, 0.25) is 0 Å². The molecule has 0 amide bonds. The molecule has 0 N–H and O–H groups in total. The second-order valence-corrected chi connectivity index (χ2v) is 12.6. The topological polar surface area (TPSA) is 64.5 Å². The van der Waals surface area contributed by atoms with E-state index in [1.54, 1.807) is 0 Å². The second kappa shape index (κ2) is 12.9. The lowest BCUT2D eigenvalue weighted by molar-refractivity contribution is 1.07. The summed E-state index contributed by atoms with van der Waals surface area (Å²) in [6, 6.07) is 58.2. The van der Waals surface area contributed by atoms with Crippen molar-refractivity contribution in [3.63, 3.8) is 0 Å². The average Bonchev–Trinajstić information content (AvgIpc) is 3.21. The van der Waals surface area contributed by atoms with Crippen molar-refractivity contribution in [1.29, 1.82) is 0 Å². The molecule has 5 heteroatoms. The van der Waals surface area contributed by atoms with Crippen LogP contribution in [0, 0.1) is 6.92 Å². The third-order valence-corrected chi connectivity index (χ3v) is 9.19. The van der Waals surface area contributed by atoms with Crippen molar-refractivity contribution in [2.75, 3.05) is 0 Å². The van der Waals surface area contributed by atoms with Gasteiger partial charge in [0.25, 0.3) is 0 Å². The minimum Gasteiger partial charge on any atom is -0.251 e. The van der Waals surface area contributed by atoms with Gasteiger partial charge in [0.2, 0.25) is 0 Å². The molecule has 9 aromatic rings. The van der Waals surface area contributed by atoms with E-state index in [1.165, 1.54) is 5.56 Å². The molecule has 51 heavy (non-hydrogen) atoms. The standard InChI is InChI=1S/C46H31N5/c1-30-28-40(33-14-7-3-8-15-33)39-26-24-34-25-27-41(48-42(34)43(39)47-30)37-18-11-19-38(29-37)46-50-44(35-16-9-4-10-17-35)49-45(51-46)36-22-20-32(21-23-36)31-12-5-2-6-13-31/h2-29H,1H3. The Labute approximate surface area is 296 Å². The first-order valence-electron chi connectivity index (χ1n) is 17.0. The fraction of sp³-hybridized carbons (Fsp3) is 0.0217. The van der Waals surface area contributed by atoms with Crippen LogP contribution >= 0.6 is 0 Å². The number of aromatic nitrogens is 5. The van der Waals surface area contributed by atoms with Crippen LogP contribution < -0.4 is 0 Å². The van der Waals surface area contributed by atoms with Gasteiger partial charge in [-0.25, -0.2) is 19.9 Å². The van der Waals surface area contributed by atoms with Crippen molar-refractivity contribution >= 4 is 21.8 Å². The van der Waals surface area contributed by atoms with Crippen LogP contribution in [0.4, 0.5) is 0 Å². The van der Waals surface area contributed by atoms with Gasteiger partial charge in [-0.05, 0) is 47.4 Å². The van der Waals surface area contributed by atoms with Gasteiger partial charge in [0.1, 0.15) is 0 Å². The zero-order chi connectivity index (χ0) is 34.1. The number of nitrogens with zero attached hydrogens (tertiary/aromatic N) is 5. The smallest absolute Gasteiger partial charge is 0.164 e. The summed E-state index contributed by atoms with van der Waals surface area (Å²) in [6.07, 6.45) is 0. The third kappa shape index (κ3) is 5.91. The van der Waals surface area contributed by atoms with Crippen LogP contribution in [0.15, 0.2) is 170 Å². The summed E-state index contributed by atoms with van der Waals surface area (Å²) in [4.78, 5) is 25.2. The van der Waals surface area contributed by atoms with Gasteiger partial charge in [0.05, 0.1) is 16.7 Å². The van der Waals surface area contributed by atoms with Gasteiger partial charge in [0, 0.05) is 38.7 Å². The third-order valence-electron chi connectivity index (χ3n) is 9.19. The number of rotatable bonds is 6. The second-order valence-electron chi connectivity index (χ2n) is 12.6. The van der Waals surface area contributed by atoms with Gasteiger partial charge in [0.15, 0.2) is 17.5 Å². The molecule has 0 spiro atoms. The highest BCUT2D eigenvalue weighted by atomic mass is 15.0. The molecule has 240 valence electrons. The monoisotopic (exact) mass is 653 g/mol. The van der Waals surface area contributed by atoms with Gasteiger partial charge in [-0.1, -0.05) is 152 Å². The molecule has 0 saturated carbocycles. The fourth-order valence-corrected chi connectivity index (χ4v) is 6.63. The number of benzene rings is 6. The molecular formula is C46H31N5. The zero-order valence-corrected chi connectivity index (χ0v) is 27.9. The summed E-state index contributed by atoms with van der Waals surface area (Å²) >= 11 is 0. The van der Waals surface area contributed by atoms with Crippen LogP contribution in [0.5, 0.6) is 0 Å². The van der Waals surface area contributed by atoms with Crippen LogP contribution in [0.3, 0.4) is 0 Å². The number of pyridine rings is 2. The summed E-state index contributed by atoms with van der Waals surface area (Å²) in [5.41, 5.74) is 11.9. The van der Waals surface area contributed by atoms with Gasteiger partial charge < -0.3 is 0 Å². The van der Waals surface area contributed by atoms with E-state index in [0.717, 1.165) is 72.1 Å². The molecule has 0 atom stereocenters. The lowest BCUT2D eigenvalue weighted by Gasteiger charge is -2.12. The molecule has 0 aliphatic carbocycles. The molecule has 0 unspecified atom stereocenters. The van der Waals surface area contributed by atoms with Crippen LogP contribution in [-0.2, 0) is 0 Å². The first-order chi connectivity index (χ1) is 25.2. The summed E-state index contributed by atoms with van der Waals surface area (Å²) in [7, 11) is 0. The van der Waals surface area contributed by atoms with Crippen LogP contribution in [-0.4, -0.2) is 24.9 Å². The van der Waals surface area contributed by atoms with Crippen molar-refractivity contribution in [3.8, 4) is 67.7 Å². The number of hydrogen-bond acceptors (Lipinski definition) is 5. The van der Waals surface area contributed by atoms with Gasteiger partial charge in [-0.3, -0.25) is 4.98 Å². The highest BCUT2D eigenvalue weighted by molar-refractivity contribution is 6.08. The molecule has 0 saturated heterocycles. The number of fused-ring (bicyclic) bond motifs is 3. The van der Waals surface area contributed by atoms with E-state index in [0.29, 0.717) is 17.5 Å². The highest BCUT2D eigenvalue weighted by Gasteiger charge is 2.15. The average molecular weight is 654 g/mol. The van der Waals surface area contributed by atoms with Crippen molar-refractivity contribution in [1.82, 2.24) is 24.9 Å². The normalized spacial score (nSPS) is 11.2. The zero-order valence-electron chi connectivity index (χ0n) is 27.9. The van der Waals surface area contributed by atoms with Crippen molar-refractivity contribution in [2.45, 2.75) is 6.92 Å². The van der Waals surface area contributed by atoms with Gasteiger partial charge in [-0.2, -0.15) is 0 Å². The van der Waals surface area contributed by atoms with E-state index < -0.39 is 0 Å². The maximum Gasteiger partial charge on any atom is 0.164 e.